The fourth-order valence-corrected chi connectivity index (χ4v) is 3.44. The standard InChI is InChI=1S/C25H34N2O4/c1-25(2,3)31-24(28)27-16-14-26(15-17-27)19-21-7-5-20(6-8-21)13-18-30-23-11-9-22(29-4)10-12-23/h5-12H,13-19H2,1-4H3. The average Bonchev–Trinajstić information content (AvgIpc) is 2.75. The summed E-state index contributed by atoms with van der Waals surface area (Å²) in [5, 5.41) is 0. The van der Waals surface area contributed by atoms with Crippen molar-refractivity contribution in [2.75, 3.05) is 39.9 Å². The zero-order valence-electron chi connectivity index (χ0n) is 19.1. The maximum Gasteiger partial charge on any atom is 0.410 e. The van der Waals surface area contributed by atoms with E-state index in [0.717, 1.165) is 37.6 Å². The Bertz CT molecular complexity index is 820. The van der Waals surface area contributed by atoms with Crippen LogP contribution in [0.5, 0.6) is 11.5 Å². The molecule has 31 heavy (non-hydrogen) atoms. The predicted octanol–water partition coefficient (Wildman–Crippen LogP) is 4.37. The second-order valence-corrected chi connectivity index (χ2v) is 8.83. The lowest BCUT2D eigenvalue weighted by molar-refractivity contribution is 0.0139. The molecule has 168 valence electrons. The van der Waals surface area contributed by atoms with Gasteiger partial charge in [0.1, 0.15) is 17.1 Å². The van der Waals surface area contributed by atoms with Gasteiger partial charge in [0.15, 0.2) is 0 Å². The predicted molar refractivity (Wildman–Crippen MR) is 122 cm³/mol. The molecule has 0 spiro atoms. The molecule has 0 saturated carbocycles. The first-order valence-electron chi connectivity index (χ1n) is 10.9. The monoisotopic (exact) mass is 426 g/mol. The van der Waals surface area contributed by atoms with Crippen molar-refractivity contribution in [3.63, 3.8) is 0 Å². The minimum absolute atomic E-state index is 0.214. The number of carbonyl (C=O) groups excluding carboxylic acids is 1. The van der Waals surface area contributed by atoms with Gasteiger partial charge in [-0.2, -0.15) is 0 Å². The normalized spacial score (nSPS) is 14.9. The van der Waals surface area contributed by atoms with E-state index in [4.69, 9.17) is 14.2 Å². The molecule has 1 saturated heterocycles. The summed E-state index contributed by atoms with van der Waals surface area (Å²) in [6, 6.07) is 16.4. The number of ether oxygens (including phenoxy) is 3. The molecule has 3 rings (SSSR count). The van der Waals surface area contributed by atoms with Gasteiger partial charge < -0.3 is 19.1 Å². The molecule has 0 atom stereocenters. The maximum atomic E-state index is 12.2. The number of amides is 1. The van der Waals surface area contributed by atoms with E-state index in [0.29, 0.717) is 19.7 Å². The third kappa shape index (κ3) is 7.47. The largest absolute Gasteiger partial charge is 0.497 e. The maximum absolute atomic E-state index is 12.2. The van der Waals surface area contributed by atoms with Gasteiger partial charge in [-0.3, -0.25) is 4.90 Å². The summed E-state index contributed by atoms with van der Waals surface area (Å²) in [6.07, 6.45) is 0.647. The first kappa shape index (κ1) is 22.9. The van der Waals surface area contributed by atoms with E-state index in [2.05, 4.69) is 29.2 Å². The highest BCUT2D eigenvalue weighted by atomic mass is 16.6. The molecule has 0 aromatic heterocycles. The number of carbonyl (C=O) groups is 1. The number of hydrogen-bond acceptors (Lipinski definition) is 5. The van der Waals surface area contributed by atoms with Crippen molar-refractivity contribution >= 4 is 6.09 Å². The van der Waals surface area contributed by atoms with Gasteiger partial charge in [-0.15, -0.1) is 0 Å². The molecule has 0 aliphatic carbocycles. The third-order valence-electron chi connectivity index (χ3n) is 5.17. The number of piperazine rings is 1. The molecule has 1 aliphatic heterocycles. The Labute approximate surface area is 185 Å². The highest BCUT2D eigenvalue weighted by molar-refractivity contribution is 5.68. The molecule has 0 bridgehead atoms. The second kappa shape index (κ2) is 10.5. The van der Waals surface area contributed by atoms with Gasteiger partial charge in [0.2, 0.25) is 0 Å². The van der Waals surface area contributed by atoms with Crippen LogP contribution in [0.4, 0.5) is 4.79 Å². The first-order valence-corrected chi connectivity index (χ1v) is 10.9. The van der Waals surface area contributed by atoms with Crippen LogP contribution in [-0.2, 0) is 17.7 Å². The Hall–Kier alpha value is -2.73. The summed E-state index contributed by atoms with van der Waals surface area (Å²) >= 11 is 0. The van der Waals surface area contributed by atoms with Crippen molar-refractivity contribution in [1.29, 1.82) is 0 Å². The summed E-state index contributed by atoms with van der Waals surface area (Å²) in [4.78, 5) is 16.4. The first-order chi connectivity index (χ1) is 14.8. The number of rotatable bonds is 7. The number of methoxy groups -OCH3 is 1. The van der Waals surface area contributed by atoms with E-state index in [1.165, 1.54) is 11.1 Å². The van der Waals surface area contributed by atoms with E-state index in [1.54, 1.807) is 12.0 Å². The molecule has 0 unspecified atom stereocenters. The highest BCUT2D eigenvalue weighted by Gasteiger charge is 2.25. The molecule has 6 nitrogen and oxygen atoms in total. The lowest BCUT2D eigenvalue weighted by Crippen LogP contribution is -2.49. The summed E-state index contributed by atoms with van der Waals surface area (Å²) in [5.74, 6) is 1.68. The van der Waals surface area contributed by atoms with E-state index in [1.807, 2.05) is 45.0 Å². The van der Waals surface area contributed by atoms with Gasteiger partial charge in [0.05, 0.1) is 13.7 Å². The lowest BCUT2D eigenvalue weighted by atomic mass is 10.1. The Morgan fingerprint density at radius 3 is 2.03 bits per heavy atom. The van der Waals surface area contributed by atoms with Gasteiger partial charge in [-0.25, -0.2) is 4.79 Å². The van der Waals surface area contributed by atoms with Crippen LogP contribution in [0.3, 0.4) is 0 Å². The average molecular weight is 427 g/mol. The van der Waals surface area contributed by atoms with Crippen molar-refractivity contribution in [3.05, 3.63) is 59.7 Å². The van der Waals surface area contributed by atoms with E-state index < -0.39 is 5.60 Å². The van der Waals surface area contributed by atoms with E-state index in [9.17, 15) is 4.79 Å². The fraction of sp³-hybridized carbons (Fsp3) is 0.480. The molecular formula is C25H34N2O4. The van der Waals surface area contributed by atoms with Crippen LogP contribution in [-0.4, -0.2) is 61.4 Å². The Balaban J connectivity index is 1.39. The molecular weight excluding hydrogens is 392 g/mol. The SMILES string of the molecule is COc1ccc(OCCc2ccc(CN3CCN(C(=O)OC(C)(C)C)CC3)cc2)cc1. The van der Waals surface area contributed by atoms with Crippen LogP contribution < -0.4 is 9.47 Å². The van der Waals surface area contributed by atoms with Crippen molar-refractivity contribution in [2.24, 2.45) is 0 Å². The minimum atomic E-state index is -0.449. The fourth-order valence-electron chi connectivity index (χ4n) is 3.44. The molecule has 0 N–H and O–H groups in total. The smallest absolute Gasteiger partial charge is 0.410 e. The summed E-state index contributed by atoms with van der Waals surface area (Å²) in [7, 11) is 1.66. The van der Waals surface area contributed by atoms with E-state index >= 15 is 0 Å². The summed E-state index contributed by atoms with van der Waals surface area (Å²) in [5.41, 5.74) is 2.09. The second-order valence-electron chi connectivity index (χ2n) is 8.83. The molecule has 1 amide bonds. The third-order valence-corrected chi connectivity index (χ3v) is 5.17. The van der Waals surface area contributed by atoms with Crippen molar-refractivity contribution in [2.45, 2.75) is 39.3 Å². The summed E-state index contributed by atoms with van der Waals surface area (Å²) in [6.45, 7) is 10.4. The van der Waals surface area contributed by atoms with Crippen LogP contribution in [0.2, 0.25) is 0 Å². The zero-order chi connectivity index (χ0) is 22.3. The number of benzene rings is 2. The Kier molecular flexibility index (Phi) is 7.80. The molecule has 1 fully saturated rings. The van der Waals surface area contributed by atoms with Gasteiger partial charge in [-0.05, 0) is 56.2 Å². The Morgan fingerprint density at radius 1 is 0.871 bits per heavy atom. The minimum Gasteiger partial charge on any atom is -0.497 e. The van der Waals surface area contributed by atoms with Crippen molar-refractivity contribution < 1.29 is 19.0 Å². The van der Waals surface area contributed by atoms with Crippen LogP contribution >= 0.6 is 0 Å². The molecule has 6 heteroatoms. The molecule has 0 radical (unpaired) electrons. The van der Waals surface area contributed by atoms with Crippen LogP contribution in [0, 0.1) is 0 Å². The molecule has 2 aromatic carbocycles. The van der Waals surface area contributed by atoms with Crippen LogP contribution in [0.1, 0.15) is 31.9 Å². The topological polar surface area (TPSA) is 51.2 Å². The zero-order valence-corrected chi connectivity index (χ0v) is 19.1. The summed E-state index contributed by atoms with van der Waals surface area (Å²) < 4.78 is 16.4. The highest BCUT2D eigenvalue weighted by Crippen LogP contribution is 2.18. The quantitative estimate of drug-likeness (QED) is 0.658. The van der Waals surface area contributed by atoms with Gasteiger partial charge in [0.25, 0.3) is 0 Å². The van der Waals surface area contributed by atoms with Crippen molar-refractivity contribution in [1.82, 2.24) is 9.80 Å². The van der Waals surface area contributed by atoms with E-state index in [-0.39, 0.29) is 6.09 Å². The van der Waals surface area contributed by atoms with Gasteiger partial charge >= 0.3 is 6.09 Å². The Morgan fingerprint density at radius 2 is 1.45 bits per heavy atom. The lowest BCUT2D eigenvalue weighted by Gasteiger charge is -2.35. The van der Waals surface area contributed by atoms with Crippen LogP contribution in [0.15, 0.2) is 48.5 Å². The number of nitrogens with zero attached hydrogens (tertiary/aromatic N) is 2. The van der Waals surface area contributed by atoms with Gasteiger partial charge in [0, 0.05) is 39.1 Å². The van der Waals surface area contributed by atoms with Gasteiger partial charge in [-0.1, -0.05) is 24.3 Å². The van der Waals surface area contributed by atoms with Crippen LogP contribution in [0.25, 0.3) is 0 Å². The van der Waals surface area contributed by atoms with Crippen molar-refractivity contribution in [3.8, 4) is 11.5 Å². The molecule has 1 heterocycles. The molecule has 2 aromatic rings. The molecule has 1 aliphatic rings. The number of hydrogen-bond donors (Lipinski definition) is 0.